The highest BCUT2D eigenvalue weighted by molar-refractivity contribution is 6.01. The number of guanidine groups is 3. The second kappa shape index (κ2) is 53.9. The Morgan fingerprint density at radius 2 is 0.720 bits per heavy atom. The number of aliphatic hydroxyl groups excluding tert-OH is 2. The number of carbonyl (C=O) groups is 17. The molecule has 0 aromatic heterocycles. The van der Waals surface area contributed by atoms with Gasteiger partial charge in [0.2, 0.25) is 82.7 Å². The van der Waals surface area contributed by atoms with Gasteiger partial charge in [-0.25, -0.2) is 4.79 Å². The molecular formula is C72H122N24O22. The molecule has 0 bridgehead atoms. The first-order valence-corrected chi connectivity index (χ1v) is 38.4. The van der Waals surface area contributed by atoms with Crippen molar-refractivity contribution in [1.82, 2.24) is 74.4 Å². The third-order valence-corrected chi connectivity index (χ3v) is 18.2. The van der Waals surface area contributed by atoms with Crippen LogP contribution in [-0.2, 0) is 87.9 Å². The fourth-order valence-corrected chi connectivity index (χ4v) is 11.1. The number of carboxylic acids is 3. The standard InChI is InChI=1S/C72H122N24O22/c1-11-35(5)53(95-65(113)49(33-97)86-50(99)32-73)66(114)85-39(9)57(105)88-44(24-25-51(100)101)61(109)94-54(36(6)12-2)67(115)89-42(21-16-26-80-70(74)75)59(107)92-48(31-52(102)103)64(112)91-46(29-34(3)4)62(110)83-37(7)56(104)87-43(22-17-27-81-71(76)77)60(108)96-55(40(10)98)68(116)93-47(30-41-19-14-13-15-20-41)63(111)84-38(8)58(106)90-45(69(117)118)23-18-28-82-72(78)79/h13-15,19-20,34-40,42-49,53-55,97-98H,11-12,16-18,21-33,73H2,1-10H3,(H,83,110)(H,84,111)(H,85,114)(H,86,99)(H,87,104)(H,88,105)(H,89,115)(H,90,106)(H,91,112)(H,92,107)(H,93,116)(H,94,109)(H,95,113)(H,96,108)(H,100,101)(H,102,103)(H,117,118)(H4,74,75,80)(H4,76,77,81)(H4,78,79,82)/t35-,36-,37-,38-,39-,40+,42-,43-,44-,45-,46-,47-,48-,49-,53-,54-,55-/m0/s1. The van der Waals surface area contributed by atoms with Gasteiger partial charge in [0.25, 0.3) is 0 Å². The third kappa shape index (κ3) is 40.0. The summed E-state index contributed by atoms with van der Waals surface area (Å²) in [4.78, 5) is 242. The first-order valence-electron chi connectivity index (χ1n) is 38.4. The molecule has 33 N–H and O–H groups in total. The molecular weight excluding hydrogens is 1550 g/mol. The average Bonchev–Trinajstić information content (AvgIpc) is 0.851. The molecule has 0 radical (unpaired) electrons. The van der Waals surface area contributed by atoms with E-state index in [9.17, 15) is 107 Å². The number of nitrogens with one attached hydrogen (secondary N) is 14. The average molecular weight is 1680 g/mol. The zero-order chi connectivity index (χ0) is 89.8. The normalized spacial score (nSPS) is 15.3. The van der Waals surface area contributed by atoms with Gasteiger partial charge in [0.1, 0.15) is 84.6 Å². The highest BCUT2D eigenvalue weighted by Gasteiger charge is 2.40. The Morgan fingerprint density at radius 1 is 0.381 bits per heavy atom. The lowest BCUT2D eigenvalue weighted by atomic mass is 9.96. The van der Waals surface area contributed by atoms with Crippen LogP contribution in [-0.4, -0.2) is 267 Å². The summed E-state index contributed by atoms with van der Waals surface area (Å²) in [6.45, 7) is 12.8. The van der Waals surface area contributed by atoms with Gasteiger partial charge in [0.05, 0.1) is 25.7 Å². The van der Waals surface area contributed by atoms with E-state index in [1.54, 1.807) is 65.0 Å². The van der Waals surface area contributed by atoms with Gasteiger partial charge in [-0.2, -0.15) is 0 Å². The second-order valence-corrected chi connectivity index (χ2v) is 28.6. The van der Waals surface area contributed by atoms with Crippen LogP contribution in [0.25, 0.3) is 0 Å². The number of aliphatic hydroxyl groups is 2. The largest absolute Gasteiger partial charge is 0.481 e. The SMILES string of the molecule is CC[C@H](C)[C@H](NC(=O)[C@H](CO)NC(=O)CN)C(=O)N[C@@H](C)C(=O)N[C@@H](CCC(=O)O)C(=O)N[C@H](C(=O)N[C@@H](CCCN=C(N)N)C(=O)N[C@@H](CC(=O)O)C(=O)N[C@@H](CC(C)C)C(=O)N[C@@H](C)C(=O)N[C@@H](CCCN=C(N)N)C(=O)N[C@H](C(=O)N[C@@H](Cc1ccccc1)C(=O)N[C@@H](C)C(=O)N[C@@H](CCCN=C(N)N)C(=O)O)[C@@H](C)O)[C@@H](C)CC. The molecule has 0 fully saturated rings. The smallest absolute Gasteiger partial charge is 0.326 e. The van der Waals surface area contributed by atoms with Crippen LogP contribution in [0.2, 0.25) is 0 Å². The maximum absolute atomic E-state index is 14.5. The molecule has 0 spiro atoms. The molecule has 1 rings (SSSR count). The zero-order valence-electron chi connectivity index (χ0n) is 68.1. The van der Waals surface area contributed by atoms with Gasteiger partial charge in [0.15, 0.2) is 17.9 Å². The molecule has 0 aliphatic rings. The first-order chi connectivity index (χ1) is 55.3. The van der Waals surface area contributed by atoms with E-state index in [-0.39, 0.29) is 95.3 Å². The second-order valence-electron chi connectivity index (χ2n) is 28.6. The molecule has 0 aliphatic heterocycles. The molecule has 1 aromatic rings. The number of benzene rings is 1. The molecule has 0 unspecified atom stereocenters. The number of aliphatic imine (C=N–C) groups is 3. The molecule has 662 valence electrons. The van der Waals surface area contributed by atoms with Crippen LogP contribution < -0.4 is 115 Å². The summed E-state index contributed by atoms with van der Waals surface area (Å²) in [5.74, 6) is -21.8. The van der Waals surface area contributed by atoms with Crippen LogP contribution in [0.3, 0.4) is 0 Å². The van der Waals surface area contributed by atoms with E-state index in [2.05, 4.69) is 89.4 Å². The fourth-order valence-electron chi connectivity index (χ4n) is 11.1. The van der Waals surface area contributed by atoms with Crippen LogP contribution in [0.5, 0.6) is 0 Å². The van der Waals surface area contributed by atoms with Crippen LogP contribution in [0.1, 0.15) is 152 Å². The van der Waals surface area contributed by atoms with E-state index in [1.807, 2.05) is 0 Å². The molecule has 0 saturated carbocycles. The molecule has 17 atom stereocenters. The summed E-state index contributed by atoms with van der Waals surface area (Å²) in [5, 5.41) is 84.1. The topological polar surface area (TPSA) is 779 Å². The van der Waals surface area contributed by atoms with Crippen molar-refractivity contribution in [2.75, 3.05) is 32.8 Å². The van der Waals surface area contributed by atoms with Gasteiger partial charge in [-0.05, 0) is 102 Å². The van der Waals surface area contributed by atoms with Crippen molar-refractivity contribution in [1.29, 1.82) is 0 Å². The first kappa shape index (κ1) is 104. The number of nitrogens with two attached hydrogens (primary N) is 7. The number of carboxylic acid groups (broad SMARTS) is 3. The molecule has 0 heterocycles. The van der Waals surface area contributed by atoms with Crippen molar-refractivity contribution in [3.8, 4) is 0 Å². The van der Waals surface area contributed by atoms with Crippen molar-refractivity contribution in [3.05, 3.63) is 35.9 Å². The Hall–Kier alpha value is -12.1. The van der Waals surface area contributed by atoms with E-state index in [4.69, 9.17) is 40.1 Å². The van der Waals surface area contributed by atoms with E-state index in [1.165, 1.54) is 27.7 Å². The number of aliphatic carboxylic acids is 3. The third-order valence-electron chi connectivity index (χ3n) is 18.2. The monoisotopic (exact) mass is 1670 g/mol. The molecule has 0 saturated heterocycles. The van der Waals surface area contributed by atoms with Crippen LogP contribution >= 0.6 is 0 Å². The zero-order valence-corrected chi connectivity index (χ0v) is 68.1. The maximum Gasteiger partial charge on any atom is 0.326 e. The minimum Gasteiger partial charge on any atom is -0.481 e. The van der Waals surface area contributed by atoms with Crippen LogP contribution in [0.4, 0.5) is 0 Å². The number of hydrogen-bond acceptors (Lipinski definition) is 23. The van der Waals surface area contributed by atoms with Gasteiger partial charge < -0.3 is 140 Å². The van der Waals surface area contributed by atoms with E-state index in [0.717, 1.165) is 6.92 Å². The summed E-state index contributed by atoms with van der Waals surface area (Å²) in [6.07, 6.45) is -4.81. The number of nitrogens with zero attached hydrogens (tertiary/aromatic N) is 3. The predicted molar refractivity (Wildman–Crippen MR) is 427 cm³/mol. The van der Waals surface area contributed by atoms with Crippen molar-refractivity contribution in [2.24, 2.45) is 72.9 Å². The highest BCUT2D eigenvalue weighted by atomic mass is 16.4. The van der Waals surface area contributed by atoms with E-state index < -0.39 is 241 Å². The van der Waals surface area contributed by atoms with Crippen LogP contribution in [0.15, 0.2) is 45.3 Å². The van der Waals surface area contributed by atoms with E-state index in [0.29, 0.717) is 12.0 Å². The Balaban J connectivity index is 3.65. The van der Waals surface area contributed by atoms with Crippen molar-refractivity contribution >= 4 is 118 Å². The van der Waals surface area contributed by atoms with Crippen LogP contribution in [0, 0.1) is 17.8 Å². The minimum absolute atomic E-state index is 0.0197. The quantitative estimate of drug-likeness (QED) is 0.0164. The minimum atomic E-state index is -2.03. The van der Waals surface area contributed by atoms with Crippen molar-refractivity contribution < 1.29 is 107 Å². The Morgan fingerprint density at radius 3 is 1.12 bits per heavy atom. The molecule has 14 amide bonds. The van der Waals surface area contributed by atoms with Crippen molar-refractivity contribution in [3.63, 3.8) is 0 Å². The number of hydrogen-bond donors (Lipinski definition) is 26. The van der Waals surface area contributed by atoms with Gasteiger partial charge in [-0.3, -0.25) is 91.7 Å². The number of amides is 14. The van der Waals surface area contributed by atoms with E-state index >= 15 is 0 Å². The molecule has 0 aliphatic carbocycles. The molecule has 46 heteroatoms. The van der Waals surface area contributed by atoms with Gasteiger partial charge >= 0.3 is 17.9 Å². The highest BCUT2D eigenvalue weighted by Crippen LogP contribution is 2.16. The van der Waals surface area contributed by atoms with Crippen molar-refractivity contribution in [2.45, 2.75) is 243 Å². The Bertz CT molecular complexity index is 3650. The summed E-state index contributed by atoms with van der Waals surface area (Å²) in [7, 11) is 0. The van der Waals surface area contributed by atoms with Gasteiger partial charge in [-0.15, -0.1) is 0 Å². The lowest BCUT2D eigenvalue weighted by molar-refractivity contribution is -0.142. The lowest BCUT2D eigenvalue weighted by Gasteiger charge is -2.30. The van der Waals surface area contributed by atoms with Gasteiger partial charge in [0, 0.05) is 32.5 Å². The number of rotatable bonds is 56. The summed E-state index contributed by atoms with van der Waals surface area (Å²) < 4.78 is 0. The van der Waals surface area contributed by atoms with Gasteiger partial charge in [-0.1, -0.05) is 84.7 Å². The molecule has 118 heavy (non-hydrogen) atoms. The molecule has 1 aromatic carbocycles. The maximum atomic E-state index is 14.5. The Kier molecular flexibility index (Phi) is 47.5. The fraction of sp³-hybridized carbons (Fsp3) is 0.639. The summed E-state index contributed by atoms with van der Waals surface area (Å²) >= 11 is 0. The summed E-state index contributed by atoms with van der Waals surface area (Å²) in [5.41, 5.74) is 38.6. The summed E-state index contributed by atoms with van der Waals surface area (Å²) in [6, 6.07) is -14.3. The Labute approximate surface area is 682 Å². The molecule has 46 nitrogen and oxygen atoms in total. The number of carbonyl (C=O) groups excluding carboxylic acids is 14. The predicted octanol–water partition coefficient (Wildman–Crippen LogP) is -8.87. The lowest BCUT2D eigenvalue weighted by Crippen LogP contribution is -2.62.